The highest BCUT2D eigenvalue weighted by Crippen LogP contribution is 2.40. The Morgan fingerprint density at radius 2 is 1.84 bits per heavy atom. The van der Waals surface area contributed by atoms with Gasteiger partial charge in [-0.25, -0.2) is 4.98 Å². The maximum Gasteiger partial charge on any atom is 0.249 e. The first-order valence-corrected chi connectivity index (χ1v) is 13.1. The molecule has 0 unspecified atom stereocenters. The molecular formula is C30H40N4O3. The van der Waals surface area contributed by atoms with E-state index in [2.05, 4.69) is 61.1 Å². The molecule has 1 aliphatic rings. The second-order valence-electron chi connectivity index (χ2n) is 11.0. The topological polar surface area (TPSA) is 79.6 Å². The van der Waals surface area contributed by atoms with Gasteiger partial charge in [0.05, 0.1) is 18.3 Å². The van der Waals surface area contributed by atoms with Gasteiger partial charge in [0.15, 0.2) is 0 Å². The first-order valence-electron chi connectivity index (χ1n) is 13.1. The first-order chi connectivity index (χ1) is 17.8. The van der Waals surface area contributed by atoms with Crippen LogP contribution in [0.4, 0.5) is 0 Å². The molecule has 3 atom stereocenters. The smallest absolute Gasteiger partial charge is 0.249 e. The van der Waals surface area contributed by atoms with Crippen LogP contribution in [-0.4, -0.2) is 64.9 Å². The van der Waals surface area contributed by atoms with E-state index < -0.39 is 0 Å². The third-order valence-electron chi connectivity index (χ3n) is 7.16. The van der Waals surface area contributed by atoms with Crippen molar-refractivity contribution in [1.29, 1.82) is 0 Å². The number of imidazole rings is 1. The van der Waals surface area contributed by atoms with Crippen LogP contribution in [0.15, 0.2) is 66.9 Å². The van der Waals surface area contributed by atoms with Crippen molar-refractivity contribution in [2.24, 2.45) is 11.3 Å². The van der Waals surface area contributed by atoms with Crippen LogP contribution >= 0.6 is 0 Å². The highest BCUT2D eigenvalue weighted by Gasteiger charge is 2.40. The number of ether oxygens (including phenoxy) is 1. The van der Waals surface area contributed by atoms with Gasteiger partial charge in [-0.05, 0) is 29.9 Å². The van der Waals surface area contributed by atoms with Crippen molar-refractivity contribution < 1.29 is 14.6 Å². The molecule has 198 valence electrons. The fourth-order valence-electron chi connectivity index (χ4n) is 5.36. The Bertz CT molecular complexity index is 1140. The van der Waals surface area contributed by atoms with E-state index in [1.54, 1.807) is 7.11 Å². The minimum absolute atomic E-state index is 0.00144. The number of carbonyl (C=O) groups is 1. The number of aliphatic hydroxyl groups excluding tert-OH is 1. The molecular weight excluding hydrogens is 464 g/mol. The third kappa shape index (κ3) is 6.47. The van der Waals surface area contributed by atoms with Crippen LogP contribution in [0.3, 0.4) is 0 Å². The monoisotopic (exact) mass is 504 g/mol. The summed E-state index contributed by atoms with van der Waals surface area (Å²) in [4.78, 5) is 20.7. The van der Waals surface area contributed by atoms with Crippen molar-refractivity contribution in [3.63, 3.8) is 0 Å². The Kier molecular flexibility index (Phi) is 8.79. The van der Waals surface area contributed by atoms with Crippen molar-refractivity contribution in [1.82, 2.24) is 19.8 Å². The van der Waals surface area contributed by atoms with Crippen molar-refractivity contribution in [2.45, 2.75) is 45.8 Å². The van der Waals surface area contributed by atoms with Crippen LogP contribution in [0, 0.1) is 11.3 Å². The molecule has 2 N–H and O–H groups in total. The summed E-state index contributed by atoms with van der Waals surface area (Å²) in [5, 5.41) is 13.3. The number of nitrogens with zero attached hydrogens (tertiary/aromatic N) is 3. The zero-order valence-electron chi connectivity index (χ0n) is 22.4. The van der Waals surface area contributed by atoms with Crippen molar-refractivity contribution >= 4 is 5.91 Å². The second-order valence-corrected chi connectivity index (χ2v) is 11.0. The number of hydrogen-bond acceptors (Lipinski definition) is 5. The van der Waals surface area contributed by atoms with Crippen molar-refractivity contribution in [3.8, 4) is 11.3 Å². The summed E-state index contributed by atoms with van der Waals surface area (Å²) in [5.74, 6) is 0.939. The molecule has 1 aromatic heterocycles. The number of benzene rings is 2. The van der Waals surface area contributed by atoms with Gasteiger partial charge in [0.2, 0.25) is 5.91 Å². The summed E-state index contributed by atoms with van der Waals surface area (Å²) in [6, 6.07) is 20.2. The molecule has 37 heavy (non-hydrogen) atoms. The van der Waals surface area contributed by atoms with E-state index in [9.17, 15) is 9.90 Å². The van der Waals surface area contributed by atoms with Gasteiger partial charge < -0.3 is 24.6 Å². The number of methoxy groups -OCH3 is 1. The van der Waals surface area contributed by atoms with Crippen LogP contribution in [0.1, 0.15) is 44.6 Å². The molecule has 4 rings (SSSR count). The van der Waals surface area contributed by atoms with Crippen LogP contribution in [0.25, 0.3) is 11.3 Å². The highest BCUT2D eigenvalue weighted by atomic mass is 16.5. The minimum Gasteiger partial charge on any atom is -0.395 e. The molecule has 0 aliphatic carbocycles. The van der Waals surface area contributed by atoms with Gasteiger partial charge >= 0.3 is 0 Å². The normalized spacial score (nSPS) is 18.6. The third-order valence-corrected chi connectivity index (χ3v) is 7.16. The molecule has 7 heteroatoms. The summed E-state index contributed by atoms with van der Waals surface area (Å²) in [6.45, 7) is 8.55. The molecule has 3 aromatic rings. The maximum atomic E-state index is 13.6. The van der Waals surface area contributed by atoms with Crippen molar-refractivity contribution in [2.75, 3.05) is 33.4 Å². The van der Waals surface area contributed by atoms with Crippen LogP contribution in [-0.2, 0) is 16.1 Å². The fraction of sp³-hybridized carbons (Fsp3) is 0.467. The van der Waals surface area contributed by atoms with Crippen LogP contribution < -0.4 is 5.32 Å². The molecule has 2 heterocycles. The molecule has 1 amide bonds. The number of hydrogen-bond donors (Lipinski definition) is 2. The van der Waals surface area contributed by atoms with Crippen LogP contribution in [0.5, 0.6) is 0 Å². The average Bonchev–Trinajstić information content (AvgIpc) is 3.51. The Morgan fingerprint density at radius 3 is 2.46 bits per heavy atom. The Balaban J connectivity index is 1.82. The van der Waals surface area contributed by atoms with Gasteiger partial charge in [-0.15, -0.1) is 0 Å². The fourth-order valence-corrected chi connectivity index (χ4v) is 5.36. The summed E-state index contributed by atoms with van der Waals surface area (Å²) >= 11 is 0. The molecule has 0 bridgehead atoms. The molecule has 0 spiro atoms. The van der Waals surface area contributed by atoms with Gasteiger partial charge in [-0.2, -0.15) is 0 Å². The number of aliphatic hydroxyl groups is 1. The molecule has 2 aromatic carbocycles. The van der Waals surface area contributed by atoms with E-state index in [0.717, 1.165) is 30.0 Å². The van der Waals surface area contributed by atoms with Gasteiger partial charge in [0.25, 0.3) is 0 Å². The molecule has 7 nitrogen and oxygen atoms in total. The first kappa shape index (κ1) is 27.0. The van der Waals surface area contributed by atoms with Gasteiger partial charge in [-0.1, -0.05) is 81.4 Å². The Labute approximate surface area is 220 Å². The molecule has 0 radical (unpaired) electrons. The largest absolute Gasteiger partial charge is 0.395 e. The molecule has 1 fully saturated rings. The summed E-state index contributed by atoms with van der Waals surface area (Å²) < 4.78 is 7.51. The number of rotatable bonds is 10. The molecule has 0 saturated carbocycles. The number of aromatic nitrogens is 2. The van der Waals surface area contributed by atoms with Gasteiger partial charge in [0.1, 0.15) is 12.4 Å². The molecule has 1 aliphatic heterocycles. The Hall–Kier alpha value is -3.00. The quantitative estimate of drug-likeness (QED) is 0.434. The van der Waals surface area contributed by atoms with E-state index in [1.165, 1.54) is 5.56 Å². The predicted molar refractivity (Wildman–Crippen MR) is 146 cm³/mol. The zero-order chi connectivity index (χ0) is 26.4. The standard InChI is InChI=1S/C30H40N4O3/c1-30(2,3)28(34(27(36)21-37-4)18-24-15-16-31-26(24)20-35)29-32-25(23-13-9-6-10-14-23)19-33(29)17-22-11-7-5-8-12-22/h5-14,19,24,26,28,31,35H,15-18,20-21H2,1-4H3/t24-,26+,28-/m0/s1. The SMILES string of the molecule is COCC(=O)N(C[C@@H]1CCN[C@@H]1CO)[C@@H](c1nc(-c2ccccc2)cn1Cc1ccccc1)C(C)(C)C. The van der Waals surface area contributed by atoms with E-state index in [-0.39, 0.29) is 42.5 Å². The summed E-state index contributed by atoms with van der Waals surface area (Å²) in [7, 11) is 1.56. The number of carbonyl (C=O) groups excluding carboxylic acids is 1. The van der Waals surface area contributed by atoms with Crippen LogP contribution in [0.2, 0.25) is 0 Å². The minimum atomic E-state index is -0.308. The van der Waals surface area contributed by atoms with Gasteiger partial charge in [-0.3, -0.25) is 4.79 Å². The second kappa shape index (κ2) is 12.0. The summed E-state index contributed by atoms with van der Waals surface area (Å²) in [6.07, 6.45) is 3.01. The predicted octanol–water partition coefficient (Wildman–Crippen LogP) is 4.13. The number of amides is 1. The lowest BCUT2D eigenvalue weighted by Gasteiger charge is -2.41. The summed E-state index contributed by atoms with van der Waals surface area (Å²) in [5.41, 5.74) is 2.79. The lowest BCUT2D eigenvalue weighted by atomic mass is 9.83. The van der Waals surface area contributed by atoms with Crippen molar-refractivity contribution in [3.05, 3.63) is 78.2 Å². The lowest BCUT2D eigenvalue weighted by Crippen LogP contribution is -2.48. The van der Waals surface area contributed by atoms with E-state index >= 15 is 0 Å². The van der Waals surface area contributed by atoms with E-state index in [4.69, 9.17) is 9.72 Å². The molecule has 1 saturated heterocycles. The highest BCUT2D eigenvalue weighted by molar-refractivity contribution is 5.78. The van der Waals surface area contributed by atoms with Gasteiger partial charge in [0, 0.05) is 38.0 Å². The average molecular weight is 505 g/mol. The Morgan fingerprint density at radius 1 is 1.16 bits per heavy atom. The van der Waals surface area contributed by atoms with E-state index in [1.807, 2.05) is 41.3 Å². The van der Waals surface area contributed by atoms with E-state index in [0.29, 0.717) is 13.1 Å². The number of nitrogens with one attached hydrogen (secondary N) is 1. The maximum absolute atomic E-state index is 13.6. The zero-order valence-corrected chi connectivity index (χ0v) is 22.4. The lowest BCUT2D eigenvalue weighted by molar-refractivity contribution is -0.141.